The van der Waals surface area contributed by atoms with E-state index in [0.717, 1.165) is 11.1 Å². The van der Waals surface area contributed by atoms with Crippen molar-refractivity contribution in [3.05, 3.63) is 93.3 Å². The number of nitrogens with zero attached hydrogens (tertiary/aromatic N) is 4. The Morgan fingerprint density at radius 3 is 2.69 bits per heavy atom. The fourth-order valence-corrected chi connectivity index (χ4v) is 3.02. The molecule has 150 valence electrons. The normalized spacial score (nSPS) is 12.4. The Balaban J connectivity index is 1.65. The number of rotatable bonds is 7. The van der Waals surface area contributed by atoms with E-state index in [0.29, 0.717) is 24.1 Å². The number of aromatic nitrogens is 2. The first-order chi connectivity index (χ1) is 14.1. The van der Waals surface area contributed by atoms with E-state index < -0.39 is 4.92 Å². The highest BCUT2D eigenvalue weighted by molar-refractivity contribution is 6.30. The number of halogens is 1. The van der Waals surface area contributed by atoms with Gasteiger partial charge in [-0.2, -0.15) is 5.10 Å². The number of hydrogen-bond acceptors (Lipinski definition) is 4. The van der Waals surface area contributed by atoms with Crippen LogP contribution >= 0.6 is 11.6 Å². The molecule has 8 nitrogen and oxygen atoms in total. The number of benzene rings is 2. The minimum atomic E-state index is -0.405. The van der Waals surface area contributed by atoms with Crippen LogP contribution in [0.25, 0.3) is 0 Å². The Kier molecular flexibility index (Phi) is 6.80. The van der Waals surface area contributed by atoms with Crippen molar-refractivity contribution in [1.82, 2.24) is 20.4 Å². The fraction of sp³-hybridized carbons (Fsp3) is 0.200. The molecule has 0 saturated heterocycles. The van der Waals surface area contributed by atoms with E-state index in [1.165, 1.54) is 6.07 Å². The van der Waals surface area contributed by atoms with E-state index in [1.807, 2.05) is 47.3 Å². The number of hydrogen-bond donors (Lipinski definition) is 2. The lowest BCUT2D eigenvalue weighted by atomic mass is 10.1. The molecule has 0 aliphatic carbocycles. The molecule has 3 aromatic rings. The van der Waals surface area contributed by atoms with Gasteiger partial charge in [-0.05, 0) is 29.3 Å². The summed E-state index contributed by atoms with van der Waals surface area (Å²) in [5, 5.41) is 22.4. The third-order valence-electron chi connectivity index (χ3n) is 4.37. The molecule has 0 radical (unpaired) electrons. The van der Waals surface area contributed by atoms with Crippen molar-refractivity contribution in [2.45, 2.75) is 12.6 Å². The average molecular weight is 413 g/mol. The van der Waals surface area contributed by atoms with Gasteiger partial charge in [-0.25, -0.2) is 0 Å². The zero-order chi connectivity index (χ0) is 20.6. The molecule has 3 rings (SSSR count). The van der Waals surface area contributed by atoms with Gasteiger partial charge in [0.1, 0.15) is 0 Å². The SMILES string of the molecule is CN=C(NCc1cccc([N+](=O)[O-])c1)NCC(c1ccc(Cl)cc1)n1cccn1. The molecule has 0 aliphatic rings. The van der Waals surface area contributed by atoms with E-state index >= 15 is 0 Å². The highest BCUT2D eigenvalue weighted by Crippen LogP contribution is 2.19. The number of nitro benzene ring substituents is 1. The van der Waals surface area contributed by atoms with Crippen molar-refractivity contribution < 1.29 is 4.92 Å². The second kappa shape index (κ2) is 9.70. The van der Waals surface area contributed by atoms with Crippen LogP contribution in [0, 0.1) is 10.1 Å². The van der Waals surface area contributed by atoms with Gasteiger partial charge in [0.2, 0.25) is 0 Å². The van der Waals surface area contributed by atoms with E-state index in [-0.39, 0.29) is 11.7 Å². The predicted molar refractivity (Wildman–Crippen MR) is 113 cm³/mol. The molecule has 0 saturated carbocycles. The third-order valence-corrected chi connectivity index (χ3v) is 4.62. The average Bonchev–Trinajstić information content (AvgIpc) is 3.26. The lowest BCUT2D eigenvalue weighted by Gasteiger charge is -2.20. The topological polar surface area (TPSA) is 97.4 Å². The summed E-state index contributed by atoms with van der Waals surface area (Å²) in [6, 6.07) is 16.0. The maximum absolute atomic E-state index is 10.9. The number of nitro groups is 1. The zero-order valence-electron chi connectivity index (χ0n) is 15.8. The summed E-state index contributed by atoms with van der Waals surface area (Å²) < 4.78 is 1.87. The minimum absolute atomic E-state index is 0.0568. The van der Waals surface area contributed by atoms with Gasteiger partial charge in [0, 0.05) is 49.7 Å². The van der Waals surface area contributed by atoms with Crippen molar-refractivity contribution in [2.75, 3.05) is 13.6 Å². The molecule has 0 aliphatic heterocycles. The number of nitrogens with one attached hydrogen (secondary N) is 2. The summed E-state index contributed by atoms with van der Waals surface area (Å²) in [7, 11) is 1.67. The first kappa shape index (κ1) is 20.3. The van der Waals surface area contributed by atoms with Crippen molar-refractivity contribution in [2.24, 2.45) is 4.99 Å². The van der Waals surface area contributed by atoms with Crippen molar-refractivity contribution in [1.29, 1.82) is 0 Å². The van der Waals surface area contributed by atoms with Crippen molar-refractivity contribution in [3.63, 3.8) is 0 Å². The van der Waals surface area contributed by atoms with Gasteiger partial charge in [0.05, 0.1) is 11.0 Å². The molecule has 0 spiro atoms. The minimum Gasteiger partial charge on any atom is -0.354 e. The molecular formula is C20H21ClN6O2. The molecule has 1 aromatic heterocycles. The summed E-state index contributed by atoms with van der Waals surface area (Å²) in [6.07, 6.45) is 3.64. The van der Waals surface area contributed by atoms with Crippen LogP contribution in [0.3, 0.4) is 0 Å². The highest BCUT2D eigenvalue weighted by Gasteiger charge is 2.15. The molecule has 0 fully saturated rings. The van der Waals surface area contributed by atoms with Gasteiger partial charge < -0.3 is 10.6 Å². The molecule has 0 amide bonds. The molecular weight excluding hydrogens is 392 g/mol. The van der Waals surface area contributed by atoms with Crippen LogP contribution in [0.5, 0.6) is 0 Å². The van der Waals surface area contributed by atoms with Crippen LogP contribution in [0.1, 0.15) is 17.2 Å². The summed E-state index contributed by atoms with van der Waals surface area (Å²) in [6.45, 7) is 0.951. The molecule has 1 atom stereocenters. The van der Waals surface area contributed by atoms with Crippen LogP contribution in [-0.4, -0.2) is 34.3 Å². The summed E-state index contributed by atoms with van der Waals surface area (Å²) in [5.74, 6) is 0.586. The Bertz CT molecular complexity index is 973. The van der Waals surface area contributed by atoms with Gasteiger partial charge in [-0.15, -0.1) is 0 Å². The van der Waals surface area contributed by atoms with Crippen LogP contribution in [0.15, 0.2) is 72.0 Å². The first-order valence-corrected chi connectivity index (χ1v) is 9.37. The van der Waals surface area contributed by atoms with Crippen LogP contribution < -0.4 is 10.6 Å². The molecule has 29 heavy (non-hydrogen) atoms. The maximum Gasteiger partial charge on any atom is 0.269 e. The fourth-order valence-electron chi connectivity index (χ4n) is 2.89. The molecule has 2 N–H and O–H groups in total. The molecule has 2 aromatic carbocycles. The molecule has 1 unspecified atom stereocenters. The van der Waals surface area contributed by atoms with E-state index in [1.54, 1.807) is 25.4 Å². The molecule has 0 bridgehead atoms. The molecule has 1 heterocycles. The third kappa shape index (κ3) is 5.55. The number of non-ortho nitro benzene ring substituents is 1. The summed E-state index contributed by atoms with van der Waals surface area (Å²) in [5.41, 5.74) is 1.91. The summed E-state index contributed by atoms with van der Waals surface area (Å²) in [4.78, 5) is 14.8. The van der Waals surface area contributed by atoms with E-state index in [2.05, 4.69) is 20.7 Å². The van der Waals surface area contributed by atoms with Gasteiger partial charge in [-0.3, -0.25) is 19.8 Å². The predicted octanol–water partition coefficient (Wildman–Crippen LogP) is 3.40. The highest BCUT2D eigenvalue weighted by atomic mass is 35.5. The Morgan fingerprint density at radius 2 is 2.03 bits per heavy atom. The Morgan fingerprint density at radius 1 is 1.24 bits per heavy atom. The number of aliphatic imine (C=N–C) groups is 1. The monoisotopic (exact) mass is 412 g/mol. The van der Waals surface area contributed by atoms with Crippen LogP contribution in [-0.2, 0) is 6.54 Å². The van der Waals surface area contributed by atoms with E-state index in [9.17, 15) is 10.1 Å². The smallest absolute Gasteiger partial charge is 0.269 e. The van der Waals surface area contributed by atoms with Gasteiger partial charge in [0.15, 0.2) is 5.96 Å². The Hall–Kier alpha value is -3.39. The van der Waals surface area contributed by atoms with E-state index in [4.69, 9.17) is 11.6 Å². The lowest BCUT2D eigenvalue weighted by Crippen LogP contribution is -2.40. The lowest BCUT2D eigenvalue weighted by molar-refractivity contribution is -0.384. The quantitative estimate of drug-likeness (QED) is 0.268. The second-order valence-corrected chi connectivity index (χ2v) is 6.72. The van der Waals surface area contributed by atoms with Crippen LogP contribution in [0.2, 0.25) is 5.02 Å². The summed E-state index contributed by atoms with van der Waals surface area (Å²) >= 11 is 6.01. The number of guanidine groups is 1. The zero-order valence-corrected chi connectivity index (χ0v) is 16.6. The van der Waals surface area contributed by atoms with Crippen LogP contribution in [0.4, 0.5) is 5.69 Å². The largest absolute Gasteiger partial charge is 0.354 e. The molecule has 9 heteroatoms. The maximum atomic E-state index is 10.9. The first-order valence-electron chi connectivity index (χ1n) is 8.99. The van der Waals surface area contributed by atoms with Gasteiger partial charge in [0.25, 0.3) is 5.69 Å². The standard InChI is InChI=1S/C20H21ClN6O2/c1-22-20(23-13-15-4-2-5-18(12-15)27(28)29)24-14-19(26-11-3-10-25-26)16-6-8-17(21)9-7-16/h2-12,19H,13-14H2,1H3,(H2,22,23,24). The van der Waals surface area contributed by atoms with Crippen molar-refractivity contribution in [3.8, 4) is 0 Å². The van der Waals surface area contributed by atoms with Gasteiger partial charge in [-0.1, -0.05) is 35.9 Å². The van der Waals surface area contributed by atoms with Crippen molar-refractivity contribution >= 4 is 23.2 Å². The second-order valence-electron chi connectivity index (χ2n) is 6.29. The van der Waals surface area contributed by atoms with Gasteiger partial charge >= 0.3 is 0 Å². The Labute approximate surface area is 173 Å².